The number of para-hydroxylation sites is 1. The van der Waals surface area contributed by atoms with Gasteiger partial charge in [-0.25, -0.2) is 0 Å². The van der Waals surface area contributed by atoms with E-state index in [4.69, 9.17) is 0 Å². The predicted molar refractivity (Wildman–Crippen MR) is 118 cm³/mol. The first-order chi connectivity index (χ1) is 15.4. The molecule has 0 spiro atoms. The Balaban J connectivity index is 1.35. The van der Waals surface area contributed by atoms with Crippen LogP contribution in [0.2, 0.25) is 0 Å². The molecular weight excluding hydrogens is 410 g/mol. The quantitative estimate of drug-likeness (QED) is 0.751. The standard InChI is InChI=1S/C24H25N3O5/c28-21-13-18(15-27(21)20-6-2-1-3-7-20)22(29)25-19-10-8-16(9-11-19)23(30)26-12-4-5-17(14-26)24(31)32/h1-3,6-11,17-18H,4-5,12-15H2,(H,25,29)(H,31,32)/t17-,18+/m1/s1. The smallest absolute Gasteiger partial charge is 0.308 e. The van der Waals surface area contributed by atoms with Gasteiger partial charge in [-0.2, -0.15) is 0 Å². The largest absolute Gasteiger partial charge is 0.481 e. The number of carboxylic acids is 1. The molecule has 2 aromatic carbocycles. The monoisotopic (exact) mass is 435 g/mol. The summed E-state index contributed by atoms with van der Waals surface area (Å²) in [4.78, 5) is 52.2. The number of carboxylic acid groups (broad SMARTS) is 1. The van der Waals surface area contributed by atoms with Gasteiger partial charge in [-0.05, 0) is 49.2 Å². The Bertz CT molecular complexity index is 1020. The lowest BCUT2D eigenvalue weighted by Crippen LogP contribution is -2.42. The number of rotatable bonds is 5. The van der Waals surface area contributed by atoms with Crippen LogP contribution in [0.1, 0.15) is 29.6 Å². The fourth-order valence-corrected chi connectivity index (χ4v) is 4.23. The van der Waals surface area contributed by atoms with E-state index in [1.54, 1.807) is 34.1 Å². The Morgan fingerprint density at radius 1 is 0.938 bits per heavy atom. The molecular formula is C24H25N3O5. The summed E-state index contributed by atoms with van der Waals surface area (Å²) in [5.74, 6) is -2.40. The van der Waals surface area contributed by atoms with Crippen LogP contribution in [0.5, 0.6) is 0 Å². The van der Waals surface area contributed by atoms with Gasteiger partial charge in [0.2, 0.25) is 11.8 Å². The molecule has 0 unspecified atom stereocenters. The van der Waals surface area contributed by atoms with Crippen LogP contribution in [0.25, 0.3) is 0 Å². The maximum atomic E-state index is 12.7. The van der Waals surface area contributed by atoms with Gasteiger partial charge in [0.15, 0.2) is 0 Å². The van der Waals surface area contributed by atoms with Gasteiger partial charge in [0, 0.05) is 43.0 Å². The second-order valence-electron chi connectivity index (χ2n) is 8.24. The van der Waals surface area contributed by atoms with E-state index in [9.17, 15) is 24.3 Å². The molecule has 2 aliphatic rings. The van der Waals surface area contributed by atoms with Crippen molar-refractivity contribution in [1.29, 1.82) is 0 Å². The lowest BCUT2D eigenvalue weighted by Gasteiger charge is -2.30. The molecule has 32 heavy (non-hydrogen) atoms. The van der Waals surface area contributed by atoms with Crippen LogP contribution in [0, 0.1) is 11.8 Å². The number of nitrogens with one attached hydrogen (secondary N) is 1. The zero-order chi connectivity index (χ0) is 22.7. The summed E-state index contributed by atoms with van der Waals surface area (Å²) >= 11 is 0. The van der Waals surface area contributed by atoms with Gasteiger partial charge < -0.3 is 20.2 Å². The molecule has 8 nitrogen and oxygen atoms in total. The maximum absolute atomic E-state index is 12.7. The number of likely N-dealkylation sites (tertiary alicyclic amines) is 1. The second kappa shape index (κ2) is 9.21. The normalized spacial score (nSPS) is 20.8. The Hall–Kier alpha value is -3.68. The first-order valence-corrected chi connectivity index (χ1v) is 10.7. The molecule has 3 amide bonds. The first-order valence-electron chi connectivity index (χ1n) is 10.7. The van der Waals surface area contributed by atoms with Gasteiger partial charge in [0.05, 0.1) is 11.8 Å². The molecule has 0 aliphatic carbocycles. The van der Waals surface area contributed by atoms with E-state index < -0.39 is 17.8 Å². The molecule has 2 fully saturated rings. The Morgan fingerprint density at radius 3 is 2.34 bits per heavy atom. The van der Waals surface area contributed by atoms with Gasteiger partial charge in [0.1, 0.15) is 0 Å². The summed E-state index contributed by atoms with van der Waals surface area (Å²) in [6.07, 6.45) is 1.39. The average Bonchev–Trinajstić information content (AvgIpc) is 3.21. The van der Waals surface area contributed by atoms with Gasteiger partial charge >= 0.3 is 5.97 Å². The van der Waals surface area contributed by atoms with Gasteiger partial charge in [-0.3, -0.25) is 19.2 Å². The highest BCUT2D eigenvalue weighted by molar-refractivity contribution is 6.03. The first kappa shape index (κ1) is 21.5. The highest BCUT2D eigenvalue weighted by Gasteiger charge is 2.35. The topological polar surface area (TPSA) is 107 Å². The Kier molecular flexibility index (Phi) is 6.20. The summed E-state index contributed by atoms with van der Waals surface area (Å²) in [7, 11) is 0. The Labute approximate surface area is 185 Å². The van der Waals surface area contributed by atoms with Crippen LogP contribution in [-0.2, 0) is 14.4 Å². The van der Waals surface area contributed by atoms with E-state index in [2.05, 4.69) is 5.32 Å². The van der Waals surface area contributed by atoms with E-state index in [0.29, 0.717) is 37.2 Å². The number of hydrogen-bond acceptors (Lipinski definition) is 4. The van der Waals surface area contributed by atoms with Crippen molar-refractivity contribution in [1.82, 2.24) is 4.90 Å². The number of anilines is 2. The molecule has 2 heterocycles. The average molecular weight is 435 g/mol. The number of amides is 3. The molecule has 0 saturated carbocycles. The number of piperidine rings is 1. The fraction of sp³-hybridized carbons (Fsp3) is 0.333. The van der Waals surface area contributed by atoms with Crippen molar-refractivity contribution in [3.63, 3.8) is 0 Å². The molecule has 0 bridgehead atoms. The van der Waals surface area contributed by atoms with Crippen LogP contribution in [-0.4, -0.2) is 53.3 Å². The lowest BCUT2D eigenvalue weighted by molar-refractivity contribution is -0.143. The second-order valence-corrected chi connectivity index (χ2v) is 8.24. The highest BCUT2D eigenvalue weighted by Crippen LogP contribution is 2.26. The third-order valence-corrected chi connectivity index (χ3v) is 6.02. The van der Waals surface area contributed by atoms with Crippen LogP contribution >= 0.6 is 0 Å². The summed E-state index contributed by atoms with van der Waals surface area (Å²) in [5, 5.41) is 12.0. The molecule has 2 aromatic rings. The zero-order valence-electron chi connectivity index (χ0n) is 17.6. The van der Waals surface area contributed by atoms with Crippen LogP contribution < -0.4 is 10.2 Å². The summed E-state index contributed by atoms with van der Waals surface area (Å²) in [6, 6.07) is 15.8. The number of hydrogen-bond donors (Lipinski definition) is 2. The van der Waals surface area contributed by atoms with Gasteiger partial charge in [0.25, 0.3) is 5.91 Å². The minimum Gasteiger partial charge on any atom is -0.481 e. The highest BCUT2D eigenvalue weighted by atomic mass is 16.4. The van der Waals surface area contributed by atoms with Crippen LogP contribution in [0.3, 0.4) is 0 Å². The summed E-state index contributed by atoms with van der Waals surface area (Å²) in [5.41, 5.74) is 1.76. The minimum atomic E-state index is -0.878. The molecule has 2 atom stereocenters. The van der Waals surface area contributed by atoms with Crippen molar-refractivity contribution < 1.29 is 24.3 Å². The number of aliphatic carboxylic acids is 1. The van der Waals surface area contributed by atoms with E-state index in [1.165, 1.54) is 0 Å². The molecule has 2 saturated heterocycles. The van der Waals surface area contributed by atoms with Crippen molar-refractivity contribution >= 4 is 35.1 Å². The molecule has 166 valence electrons. The van der Waals surface area contributed by atoms with E-state index in [0.717, 1.165) is 5.69 Å². The third kappa shape index (κ3) is 4.64. The third-order valence-electron chi connectivity index (χ3n) is 6.02. The number of carbonyl (C=O) groups is 4. The van der Waals surface area contributed by atoms with Crippen LogP contribution in [0.4, 0.5) is 11.4 Å². The predicted octanol–water partition coefficient (Wildman–Crippen LogP) is 2.62. The van der Waals surface area contributed by atoms with Crippen molar-refractivity contribution in [2.45, 2.75) is 19.3 Å². The van der Waals surface area contributed by atoms with Crippen molar-refractivity contribution in [3.8, 4) is 0 Å². The van der Waals surface area contributed by atoms with Crippen LogP contribution in [0.15, 0.2) is 54.6 Å². The minimum absolute atomic E-state index is 0.0847. The summed E-state index contributed by atoms with van der Waals surface area (Å²) in [6.45, 7) is 1.07. The number of nitrogens with zero attached hydrogens (tertiary/aromatic N) is 2. The zero-order valence-corrected chi connectivity index (χ0v) is 17.6. The molecule has 2 aliphatic heterocycles. The molecule has 0 radical (unpaired) electrons. The van der Waals surface area contributed by atoms with E-state index in [-0.39, 0.29) is 30.7 Å². The van der Waals surface area contributed by atoms with Crippen molar-refractivity contribution in [3.05, 3.63) is 60.2 Å². The van der Waals surface area contributed by atoms with Gasteiger partial charge in [-0.15, -0.1) is 0 Å². The summed E-state index contributed by atoms with van der Waals surface area (Å²) < 4.78 is 0. The molecule has 2 N–H and O–H groups in total. The van der Waals surface area contributed by atoms with Gasteiger partial charge in [-0.1, -0.05) is 18.2 Å². The van der Waals surface area contributed by atoms with Crippen molar-refractivity contribution in [2.24, 2.45) is 11.8 Å². The Morgan fingerprint density at radius 2 is 1.66 bits per heavy atom. The maximum Gasteiger partial charge on any atom is 0.308 e. The number of benzene rings is 2. The van der Waals surface area contributed by atoms with Crippen molar-refractivity contribution in [2.75, 3.05) is 29.9 Å². The SMILES string of the molecule is O=C(O)[C@@H]1CCCN(C(=O)c2ccc(NC(=O)[C@H]3CC(=O)N(c4ccccc4)C3)cc2)C1. The lowest BCUT2D eigenvalue weighted by atomic mass is 9.97. The van der Waals surface area contributed by atoms with E-state index in [1.807, 2.05) is 30.3 Å². The van der Waals surface area contributed by atoms with E-state index >= 15 is 0 Å². The fourth-order valence-electron chi connectivity index (χ4n) is 4.23. The number of carbonyl (C=O) groups excluding carboxylic acids is 3. The molecule has 0 aromatic heterocycles. The molecule has 8 heteroatoms. The molecule has 4 rings (SSSR count).